The highest BCUT2D eigenvalue weighted by Gasteiger charge is 2.17. The monoisotopic (exact) mass is 330 g/mol. The third kappa shape index (κ3) is 3.82. The van der Waals surface area contributed by atoms with Crippen LogP contribution in [0, 0.1) is 19.8 Å². The lowest BCUT2D eigenvalue weighted by molar-refractivity contribution is -0.660. The molecule has 0 saturated carbocycles. The van der Waals surface area contributed by atoms with Gasteiger partial charge in [0.25, 0.3) is 0 Å². The maximum absolute atomic E-state index is 2.34. The SMILES string of the molecule is Cc1cc(-c2cc(-c3ccccc3)ccc2C)[n+](C)cc1CC(C)C. The van der Waals surface area contributed by atoms with Gasteiger partial charge in [-0.1, -0.05) is 56.3 Å². The zero-order valence-electron chi connectivity index (χ0n) is 16.0. The first-order valence-corrected chi connectivity index (χ1v) is 9.11. The second kappa shape index (κ2) is 7.23. The summed E-state index contributed by atoms with van der Waals surface area (Å²) in [6.07, 6.45) is 3.43. The fraction of sp³-hybridized carbons (Fsp3) is 0.292. The van der Waals surface area contributed by atoms with Gasteiger partial charge < -0.3 is 0 Å². The van der Waals surface area contributed by atoms with Crippen LogP contribution in [0.2, 0.25) is 0 Å². The van der Waals surface area contributed by atoms with E-state index in [4.69, 9.17) is 0 Å². The number of rotatable bonds is 4. The summed E-state index contributed by atoms with van der Waals surface area (Å²) in [5.74, 6) is 0.674. The lowest BCUT2D eigenvalue weighted by Gasteiger charge is -2.12. The number of aryl methyl sites for hydroxylation is 3. The molecule has 0 unspecified atom stereocenters. The molecule has 0 atom stereocenters. The van der Waals surface area contributed by atoms with E-state index >= 15 is 0 Å². The Morgan fingerprint density at radius 3 is 2.24 bits per heavy atom. The summed E-state index contributed by atoms with van der Waals surface area (Å²) in [4.78, 5) is 0. The summed E-state index contributed by atoms with van der Waals surface area (Å²) in [5, 5.41) is 0. The summed E-state index contributed by atoms with van der Waals surface area (Å²) in [5.41, 5.74) is 9.25. The van der Waals surface area contributed by atoms with Gasteiger partial charge in [0.2, 0.25) is 5.69 Å². The molecule has 25 heavy (non-hydrogen) atoms. The molecule has 1 heterocycles. The van der Waals surface area contributed by atoms with E-state index in [1.54, 1.807) is 0 Å². The second-order valence-electron chi connectivity index (χ2n) is 7.47. The van der Waals surface area contributed by atoms with E-state index in [1.165, 1.54) is 39.1 Å². The van der Waals surface area contributed by atoms with Crippen LogP contribution in [-0.4, -0.2) is 0 Å². The average molecular weight is 330 g/mol. The highest BCUT2D eigenvalue weighted by Crippen LogP contribution is 2.28. The molecular formula is C24H28N+. The minimum absolute atomic E-state index is 0.674. The highest BCUT2D eigenvalue weighted by molar-refractivity contribution is 5.73. The molecule has 3 aromatic rings. The molecule has 0 fully saturated rings. The molecule has 0 aliphatic carbocycles. The number of pyridine rings is 1. The first kappa shape index (κ1) is 17.4. The summed E-state index contributed by atoms with van der Waals surface area (Å²) in [7, 11) is 2.16. The van der Waals surface area contributed by atoms with Crippen LogP contribution >= 0.6 is 0 Å². The molecule has 0 spiro atoms. The lowest BCUT2D eigenvalue weighted by atomic mass is 9.95. The quantitative estimate of drug-likeness (QED) is 0.543. The van der Waals surface area contributed by atoms with Gasteiger partial charge in [0.1, 0.15) is 7.05 Å². The van der Waals surface area contributed by atoms with Crippen LogP contribution in [0.25, 0.3) is 22.4 Å². The van der Waals surface area contributed by atoms with Crippen molar-refractivity contribution in [2.75, 3.05) is 0 Å². The summed E-state index contributed by atoms with van der Waals surface area (Å²) < 4.78 is 2.28. The number of nitrogens with zero attached hydrogens (tertiary/aromatic N) is 1. The average Bonchev–Trinajstić information content (AvgIpc) is 2.59. The summed E-state index contributed by atoms with van der Waals surface area (Å²) >= 11 is 0. The topological polar surface area (TPSA) is 3.88 Å². The van der Waals surface area contributed by atoms with E-state index in [0.717, 1.165) is 6.42 Å². The first-order chi connectivity index (χ1) is 12.0. The molecule has 0 amide bonds. The largest absolute Gasteiger partial charge is 0.212 e. The fourth-order valence-electron chi connectivity index (χ4n) is 3.43. The number of aromatic nitrogens is 1. The van der Waals surface area contributed by atoms with Crippen molar-refractivity contribution in [2.45, 2.75) is 34.1 Å². The van der Waals surface area contributed by atoms with Gasteiger partial charge in [-0.25, -0.2) is 4.57 Å². The van der Waals surface area contributed by atoms with E-state index in [9.17, 15) is 0 Å². The molecule has 2 aromatic carbocycles. The summed E-state index contributed by atoms with van der Waals surface area (Å²) in [6.45, 7) is 8.99. The van der Waals surface area contributed by atoms with Crippen molar-refractivity contribution >= 4 is 0 Å². The molecular weight excluding hydrogens is 302 g/mol. The van der Waals surface area contributed by atoms with Gasteiger partial charge in [0.05, 0.1) is 0 Å². The zero-order chi connectivity index (χ0) is 18.0. The van der Waals surface area contributed by atoms with Gasteiger partial charge in [-0.2, -0.15) is 0 Å². The van der Waals surface area contributed by atoms with Crippen molar-refractivity contribution in [3.8, 4) is 22.4 Å². The molecule has 0 aliphatic heterocycles. The van der Waals surface area contributed by atoms with Crippen molar-refractivity contribution in [2.24, 2.45) is 13.0 Å². The zero-order valence-corrected chi connectivity index (χ0v) is 16.0. The van der Waals surface area contributed by atoms with Crippen molar-refractivity contribution in [3.05, 3.63) is 77.5 Å². The Balaban J connectivity index is 2.09. The normalized spacial score (nSPS) is 11.1. The predicted octanol–water partition coefficient (Wildman–Crippen LogP) is 5.66. The predicted molar refractivity (Wildman–Crippen MR) is 107 cm³/mol. The molecule has 1 nitrogen and oxygen atoms in total. The van der Waals surface area contributed by atoms with E-state index in [0.29, 0.717) is 5.92 Å². The van der Waals surface area contributed by atoms with Crippen LogP contribution in [0.1, 0.15) is 30.5 Å². The fourth-order valence-corrected chi connectivity index (χ4v) is 3.43. The van der Waals surface area contributed by atoms with Crippen LogP contribution < -0.4 is 4.57 Å². The first-order valence-electron chi connectivity index (χ1n) is 9.11. The van der Waals surface area contributed by atoms with Crippen LogP contribution in [0.15, 0.2) is 60.8 Å². The number of benzene rings is 2. The third-order valence-corrected chi connectivity index (χ3v) is 4.84. The number of hydrogen-bond donors (Lipinski definition) is 0. The Bertz CT molecular complexity index is 876. The van der Waals surface area contributed by atoms with Gasteiger partial charge in [0, 0.05) is 17.2 Å². The van der Waals surface area contributed by atoms with Crippen molar-refractivity contribution in [1.82, 2.24) is 0 Å². The lowest BCUT2D eigenvalue weighted by Crippen LogP contribution is -2.32. The van der Waals surface area contributed by atoms with E-state index in [1.807, 2.05) is 0 Å². The molecule has 0 saturated heterocycles. The van der Waals surface area contributed by atoms with Gasteiger partial charge in [-0.15, -0.1) is 0 Å². The van der Waals surface area contributed by atoms with E-state index in [2.05, 4.69) is 100 Å². The van der Waals surface area contributed by atoms with Crippen molar-refractivity contribution in [1.29, 1.82) is 0 Å². The van der Waals surface area contributed by atoms with Crippen LogP contribution in [0.3, 0.4) is 0 Å². The van der Waals surface area contributed by atoms with Crippen LogP contribution in [-0.2, 0) is 13.5 Å². The Hall–Kier alpha value is -2.41. The van der Waals surface area contributed by atoms with Crippen LogP contribution in [0.4, 0.5) is 0 Å². The van der Waals surface area contributed by atoms with Crippen LogP contribution in [0.5, 0.6) is 0 Å². The van der Waals surface area contributed by atoms with Gasteiger partial charge in [0.15, 0.2) is 6.20 Å². The van der Waals surface area contributed by atoms with Crippen molar-refractivity contribution < 1.29 is 4.57 Å². The maximum atomic E-state index is 2.34. The molecule has 1 heteroatoms. The molecule has 1 aromatic heterocycles. The minimum atomic E-state index is 0.674. The Kier molecular flexibility index (Phi) is 5.03. The van der Waals surface area contributed by atoms with Gasteiger partial charge >= 0.3 is 0 Å². The molecule has 0 bridgehead atoms. The third-order valence-electron chi connectivity index (χ3n) is 4.84. The smallest absolute Gasteiger partial charge is 0.201 e. The van der Waals surface area contributed by atoms with Gasteiger partial charge in [-0.05, 0) is 54.5 Å². The standard InChI is InChI=1S/C24H28N/c1-17(2)13-22-16-25(5)24(14-19(22)4)23-15-21(12-11-18(23)3)20-9-7-6-8-10-20/h6-12,14-17H,13H2,1-5H3/q+1. The van der Waals surface area contributed by atoms with Crippen molar-refractivity contribution in [3.63, 3.8) is 0 Å². The second-order valence-corrected chi connectivity index (χ2v) is 7.47. The van der Waals surface area contributed by atoms with E-state index < -0.39 is 0 Å². The molecule has 0 radical (unpaired) electrons. The Morgan fingerprint density at radius 2 is 1.56 bits per heavy atom. The molecule has 3 rings (SSSR count). The molecule has 0 N–H and O–H groups in total. The summed E-state index contributed by atoms with van der Waals surface area (Å²) in [6, 6.07) is 19.7. The Morgan fingerprint density at radius 1 is 0.840 bits per heavy atom. The minimum Gasteiger partial charge on any atom is -0.201 e. The van der Waals surface area contributed by atoms with Gasteiger partial charge in [-0.3, -0.25) is 0 Å². The highest BCUT2D eigenvalue weighted by atomic mass is 14.9. The maximum Gasteiger partial charge on any atom is 0.212 e. The molecule has 0 aliphatic rings. The molecule has 128 valence electrons. The van der Waals surface area contributed by atoms with E-state index in [-0.39, 0.29) is 0 Å². The number of hydrogen-bond acceptors (Lipinski definition) is 0. The Labute approximate surface area is 152 Å².